The number of ether oxygens (including phenoxy) is 1. The molecular formula is C11H14BrN3O3. The summed E-state index contributed by atoms with van der Waals surface area (Å²) in [5.41, 5.74) is 5.49. The number of hydrogen-bond acceptors (Lipinski definition) is 4. The number of nitrogens with two attached hydrogens (primary N) is 1. The number of imide groups is 1. The Kier molecular flexibility index (Phi) is 5.44. The van der Waals surface area contributed by atoms with Crippen LogP contribution in [-0.2, 0) is 4.79 Å². The Morgan fingerprint density at radius 2 is 2.17 bits per heavy atom. The van der Waals surface area contributed by atoms with Crippen LogP contribution in [0, 0.1) is 0 Å². The van der Waals surface area contributed by atoms with E-state index in [1.54, 1.807) is 12.1 Å². The van der Waals surface area contributed by atoms with E-state index in [1.807, 2.05) is 18.3 Å². The zero-order chi connectivity index (χ0) is 13.5. The summed E-state index contributed by atoms with van der Waals surface area (Å²) in [6.45, 7) is 2.31. The average molecular weight is 316 g/mol. The molecule has 6 nitrogen and oxygen atoms in total. The zero-order valence-corrected chi connectivity index (χ0v) is 11.4. The van der Waals surface area contributed by atoms with Crippen molar-refractivity contribution < 1.29 is 14.3 Å². The van der Waals surface area contributed by atoms with Crippen molar-refractivity contribution in [3.63, 3.8) is 0 Å². The molecule has 4 N–H and O–H groups in total. The maximum atomic E-state index is 11.3. The molecule has 0 fully saturated rings. The van der Waals surface area contributed by atoms with E-state index in [9.17, 15) is 9.59 Å². The lowest BCUT2D eigenvalue weighted by Crippen LogP contribution is -2.38. The molecule has 3 amide bonds. The molecule has 0 spiro atoms. The molecule has 1 aromatic rings. The molecule has 1 rings (SSSR count). The van der Waals surface area contributed by atoms with Crippen LogP contribution in [0.2, 0.25) is 0 Å². The van der Waals surface area contributed by atoms with Gasteiger partial charge >= 0.3 is 6.03 Å². The van der Waals surface area contributed by atoms with Crippen LogP contribution >= 0.6 is 15.9 Å². The first kappa shape index (κ1) is 14.3. The van der Waals surface area contributed by atoms with Crippen LogP contribution in [-0.4, -0.2) is 25.1 Å². The highest BCUT2D eigenvalue weighted by molar-refractivity contribution is 9.10. The standard InChI is InChI=1S/C11H14BrN3O3/c1-2-18-9-4-3-7(12)5-8(9)14-6-10(16)15-11(13)17/h3-5,14H,2,6H2,1H3,(H3,13,15,16,17). The van der Waals surface area contributed by atoms with Crippen LogP contribution in [0.4, 0.5) is 10.5 Å². The molecule has 0 bridgehead atoms. The van der Waals surface area contributed by atoms with Gasteiger partial charge in [0, 0.05) is 4.47 Å². The molecule has 0 unspecified atom stereocenters. The molecule has 0 aromatic heterocycles. The maximum absolute atomic E-state index is 11.3. The molecule has 0 aliphatic heterocycles. The molecule has 0 aliphatic carbocycles. The second-order valence-electron chi connectivity index (χ2n) is 3.34. The molecule has 18 heavy (non-hydrogen) atoms. The van der Waals surface area contributed by atoms with Gasteiger partial charge < -0.3 is 15.8 Å². The lowest BCUT2D eigenvalue weighted by molar-refractivity contribution is -0.118. The summed E-state index contributed by atoms with van der Waals surface area (Å²) < 4.78 is 6.25. The monoisotopic (exact) mass is 315 g/mol. The fraction of sp³-hybridized carbons (Fsp3) is 0.273. The van der Waals surface area contributed by atoms with Crippen molar-refractivity contribution in [1.29, 1.82) is 0 Å². The number of anilines is 1. The minimum atomic E-state index is -0.874. The quantitative estimate of drug-likeness (QED) is 0.766. The fourth-order valence-corrected chi connectivity index (χ4v) is 1.64. The number of hydrogen-bond donors (Lipinski definition) is 3. The van der Waals surface area contributed by atoms with Gasteiger partial charge in [0.05, 0.1) is 18.8 Å². The van der Waals surface area contributed by atoms with E-state index < -0.39 is 11.9 Å². The van der Waals surface area contributed by atoms with Gasteiger partial charge in [0.15, 0.2) is 0 Å². The molecule has 0 saturated heterocycles. The Balaban J connectivity index is 2.67. The Hall–Kier alpha value is -1.76. The van der Waals surface area contributed by atoms with Crippen molar-refractivity contribution in [2.24, 2.45) is 5.73 Å². The number of nitrogens with one attached hydrogen (secondary N) is 2. The number of carbonyl (C=O) groups excluding carboxylic acids is 2. The first-order chi connectivity index (χ1) is 8.52. The number of carbonyl (C=O) groups is 2. The number of benzene rings is 1. The van der Waals surface area contributed by atoms with Gasteiger partial charge in [-0.2, -0.15) is 0 Å². The van der Waals surface area contributed by atoms with Gasteiger partial charge in [-0.05, 0) is 25.1 Å². The van der Waals surface area contributed by atoms with Crippen molar-refractivity contribution in [2.75, 3.05) is 18.5 Å². The Morgan fingerprint density at radius 3 is 2.78 bits per heavy atom. The number of primary amides is 1. The van der Waals surface area contributed by atoms with Crippen LogP contribution in [0.25, 0.3) is 0 Å². The Labute approximate surface area is 113 Å². The first-order valence-corrected chi connectivity index (χ1v) is 6.07. The summed E-state index contributed by atoms with van der Waals surface area (Å²) in [5.74, 6) is 0.123. The minimum Gasteiger partial charge on any atom is -0.492 e. The topological polar surface area (TPSA) is 93.4 Å². The van der Waals surface area contributed by atoms with Crippen LogP contribution in [0.1, 0.15) is 6.92 Å². The van der Waals surface area contributed by atoms with E-state index in [1.165, 1.54) is 0 Å². The summed E-state index contributed by atoms with van der Waals surface area (Å²) in [7, 11) is 0. The first-order valence-electron chi connectivity index (χ1n) is 5.28. The summed E-state index contributed by atoms with van der Waals surface area (Å²) >= 11 is 3.32. The van der Waals surface area contributed by atoms with Crippen molar-refractivity contribution in [1.82, 2.24) is 5.32 Å². The summed E-state index contributed by atoms with van der Waals surface area (Å²) in [6, 6.07) is 4.52. The van der Waals surface area contributed by atoms with Crippen LogP contribution < -0.4 is 21.1 Å². The molecule has 0 aliphatic rings. The van der Waals surface area contributed by atoms with E-state index in [0.29, 0.717) is 18.0 Å². The van der Waals surface area contributed by atoms with Gasteiger partial charge in [-0.1, -0.05) is 15.9 Å². The van der Waals surface area contributed by atoms with Crippen molar-refractivity contribution in [2.45, 2.75) is 6.92 Å². The molecule has 1 aromatic carbocycles. The third-order valence-corrected chi connectivity index (χ3v) is 2.44. The Morgan fingerprint density at radius 1 is 1.44 bits per heavy atom. The SMILES string of the molecule is CCOc1ccc(Br)cc1NCC(=O)NC(N)=O. The minimum absolute atomic E-state index is 0.0700. The predicted octanol–water partition coefficient (Wildman–Crippen LogP) is 1.45. The summed E-state index contributed by atoms with van der Waals surface area (Å²) in [6.07, 6.45) is 0. The number of amides is 3. The third-order valence-electron chi connectivity index (χ3n) is 1.94. The average Bonchev–Trinajstić information content (AvgIpc) is 2.29. The molecular weight excluding hydrogens is 302 g/mol. The van der Waals surface area contributed by atoms with Crippen LogP contribution in [0.15, 0.2) is 22.7 Å². The third kappa shape index (κ3) is 4.62. The highest BCUT2D eigenvalue weighted by Gasteiger charge is 2.07. The lowest BCUT2D eigenvalue weighted by Gasteiger charge is -2.12. The lowest BCUT2D eigenvalue weighted by atomic mass is 10.3. The van der Waals surface area contributed by atoms with Crippen LogP contribution in [0.3, 0.4) is 0 Å². The van der Waals surface area contributed by atoms with Gasteiger partial charge in [0.25, 0.3) is 0 Å². The number of urea groups is 1. The molecule has 7 heteroatoms. The van der Waals surface area contributed by atoms with E-state index in [0.717, 1.165) is 4.47 Å². The van der Waals surface area contributed by atoms with Gasteiger partial charge in [0.2, 0.25) is 5.91 Å². The normalized spacial score (nSPS) is 9.67. The van der Waals surface area contributed by atoms with E-state index in [4.69, 9.17) is 10.5 Å². The Bertz CT molecular complexity index is 451. The molecule has 0 heterocycles. The predicted molar refractivity (Wildman–Crippen MR) is 71.5 cm³/mol. The smallest absolute Gasteiger partial charge is 0.318 e. The summed E-state index contributed by atoms with van der Waals surface area (Å²) in [4.78, 5) is 21.7. The highest BCUT2D eigenvalue weighted by atomic mass is 79.9. The number of rotatable bonds is 5. The van der Waals surface area contributed by atoms with Crippen LogP contribution in [0.5, 0.6) is 5.75 Å². The number of halogens is 1. The maximum Gasteiger partial charge on any atom is 0.318 e. The van der Waals surface area contributed by atoms with Gasteiger partial charge in [-0.25, -0.2) is 4.79 Å². The largest absolute Gasteiger partial charge is 0.492 e. The van der Waals surface area contributed by atoms with E-state index in [2.05, 4.69) is 21.2 Å². The molecule has 98 valence electrons. The second-order valence-corrected chi connectivity index (χ2v) is 4.26. The van der Waals surface area contributed by atoms with Crippen molar-refractivity contribution >= 4 is 33.6 Å². The van der Waals surface area contributed by atoms with Gasteiger partial charge in [-0.3, -0.25) is 10.1 Å². The highest BCUT2D eigenvalue weighted by Crippen LogP contribution is 2.27. The van der Waals surface area contributed by atoms with Crippen molar-refractivity contribution in [3.05, 3.63) is 22.7 Å². The zero-order valence-electron chi connectivity index (χ0n) is 9.83. The molecule has 0 atom stereocenters. The molecule has 0 radical (unpaired) electrons. The van der Waals surface area contributed by atoms with Gasteiger partial charge in [0.1, 0.15) is 5.75 Å². The van der Waals surface area contributed by atoms with Crippen molar-refractivity contribution in [3.8, 4) is 5.75 Å². The van der Waals surface area contributed by atoms with E-state index >= 15 is 0 Å². The van der Waals surface area contributed by atoms with E-state index in [-0.39, 0.29) is 6.54 Å². The second kappa shape index (κ2) is 6.85. The van der Waals surface area contributed by atoms with Gasteiger partial charge in [-0.15, -0.1) is 0 Å². The fourth-order valence-electron chi connectivity index (χ4n) is 1.28. The molecule has 0 saturated carbocycles. The summed E-state index contributed by atoms with van der Waals surface area (Å²) in [5, 5.41) is 4.83.